The molecule has 0 saturated carbocycles. The fourth-order valence-corrected chi connectivity index (χ4v) is 6.79. The SMILES string of the molecule is C[C@@]1(SC(=N)N)CS(=O)(=O)C[C@@H]1Br. The Balaban J connectivity index is 2.87. The number of hydrogen-bond acceptors (Lipinski definition) is 4. The Kier molecular flexibility index (Phi) is 2.99. The molecule has 3 N–H and O–H groups in total. The molecule has 0 radical (unpaired) electrons. The van der Waals surface area contributed by atoms with Crippen molar-refractivity contribution in [3.8, 4) is 0 Å². The van der Waals surface area contributed by atoms with Crippen LogP contribution in [0.1, 0.15) is 6.92 Å². The molecular formula is C6H11BrN2O2S2. The third-order valence-electron chi connectivity index (χ3n) is 1.91. The largest absolute Gasteiger partial charge is 0.379 e. The van der Waals surface area contributed by atoms with Crippen molar-refractivity contribution in [2.45, 2.75) is 16.5 Å². The summed E-state index contributed by atoms with van der Waals surface area (Å²) in [6.45, 7) is 1.81. The van der Waals surface area contributed by atoms with Crippen molar-refractivity contribution in [1.29, 1.82) is 5.41 Å². The number of amidine groups is 1. The van der Waals surface area contributed by atoms with Crippen LogP contribution in [0.3, 0.4) is 0 Å². The molecule has 0 bridgehead atoms. The van der Waals surface area contributed by atoms with Crippen molar-refractivity contribution in [1.82, 2.24) is 0 Å². The van der Waals surface area contributed by atoms with Crippen molar-refractivity contribution in [2.24, 2.45) is 5.73 Å². The van der Waals surface area contributed by atoms with Crippen LogP contribution in [0, 0.1) is 5.41 Å². The molecule has 7 heteroatoms. The summed E-state index contributed by atoms with van der Waals surface area (Å²) in [5, 5.41) is 7.09. The molecule has 0 aliphatic carbocycles. The highest BCUT2D eigenvalue weighted by atomic mass is 79.9. The number of halogens is 1. The van der Waals surface area contributed by atoms with Crippen LogP contribution in [0.15, 0.2) is 0 Å². The highest BCUT2D eigenvalue weighted by Crippen LogP contribution is 2.40. The lowest BCUT2D eigenvalue weighted by molar-refractivity contribution is 0.601. The first-order valence-corrected chi connectivity index (χ1v) is 7.18. The number of sulfone groups is 1. The number of hydrogen-bond donors (Lipinski definition) is 2. The van der Waals surface area contributed by atoms with E-state index in [-0.39, 0.29) is 21.5 Å². The van der Waals surface area contributed by atoms with Crippen molar-refractivity contribution >= 4 is 42.7 Å². The van der Waals surface area contributed by atoms with Gasteiger partial charge in [0.05, 0.1) is 11.5 Å². The standard InChI is InChI=1S/C6H11BrN2O2S2/c1-6(12-5(8)9)3-13(10,11)2-4(6)7/h4H,2-3H2,1H3,(H3,8,9)/t4-,6+/m0/s1. The molecule has 1 saturated heterocycles. The normalized spacial score (nSPS) is 37.5. The second-order valence-electron chi connectivity index (χ2n) is 3.30. The maximum atomic E-state index is 11.3. The Morgan fingerprint density at radius 1 is 1.77 bits per heavy atom. The molecular weight excluding hydrogens is 276 g/mol. The van der Waals surface area contributed by atoms with E-state index in [1.807, 2.05) is 6.92 Å². The summed E-state index contributed by atoms with van der Waals surface area (Å²) in [6, 6.07) is 0. The molecule has 1 heterocycles. The zero-order chi connectivity index (χ0) is 10.3. The first-order valence-electron chi connectivity index (χ1n) is 3.63. The fourth-order valence-electron chi connectivity index (χ4n) is 1.33. The summed E-state index contributed by atoms with van der Waals surface area (Å²) in [5.74, 6) is 0.212. The van der Waals surface area contributed by atoms with Crippen LogP contribution in [0.2, 0.25) is 0 Å². The average molecular weight is 287 g/mol. The van der Waals surface area contributed by atoms with Gasteiger partial charge in [-0.05, 0) is 6.92 Å². The van der Waals surface area contributed by atoms with Gasteiger partial charge in [0.25, 0.3) is 0 Å². The van der Waals surface area contributed by atoms with Gasteiger partial charge in [0.1, 0.15) is 0 Å². The van der Waals surface area contributed by atoms with E-state index in [1.54, 1.807) is 0 Å². The quantitative estimate of drug-likeness (QED) is 0.419. The Morgan fingerprint density at radius 2 is 2.31 bits per heavy atom. The Hall–Kier alpha value is 0.250. The van der Waals surface area contributed by atoms with E-state index in [4.69, 9.17) is 11.1 Å². The number of thioether (sulfide) groups is 1. The van der Waals surface area contributed by atoms with Crippen LogP contribution < -0.4 is 5.73 Å². The van der Waals surface area contributed by atoms with Crippen molar-refractivity contribution in [3.63, 3.8) is 0 Å². The van der Waals surface area contributed by atoms with E-state index in [0.29, 0.717) is 0 Å². The van der Waals surface area contributed by atoms with Crippen molar-refractivity contribution in [3.05, 3.63) is 0 Å². The van der Waals surface area contributed by atoms with E-state index in [9.17, 15) is 8.42 Å². The molecule has 0 aromatic heterocycles. The topological polar surface area (TPSA) is 84.0 Å². The van der Waals surface area contributed by atoms with Gasteiger partial charge in [-0.1, -0.05) is 27.7 Å². The van der Waals surface area contributed by atoms with E-state index < -0.39 is 14.6 Å². The first-order chi connectivity index (χ1) is 5.75. The predicted octanol–water partition coefficient (Wildman–Crippen LogP) is 0.564. The minimum absolute atomic E-state index is 0.0379. The van der Waals surface area contributed by atoms with Gasteiger partial charge >= 0.3 is 0 Å². The zero-order valence-corrected chi connectivity index (χ0v) is 10.3. The predicted molar refractivity (Wildman–Crippen MR) is 59.3 cm³/mol. The Labute approximate surface area is 90.2 Å². The summed E-state index contributed by atoms with van der Waals surface area (Å²) < 4.78 is 22.1. The number of nitrogens with two attached hydrogens (primary N) is 1. The number of nitrogens with one attached hydrogen (secondary N) is 1. The highest BCUT2D eigenvalue weighted by Gasteiger charge is 2.46. The molecule has 76 valence electrons. The molecule has 0 aromatic carbocycles. The summed E-state index contributed by atoms with van der Waals surface area (Å²) in [4.78, 5) is -0.126. The lowest BCUT2D eigenvalue weighted by atomic mass is 10.1. The minimum Gasteiger partial charge on any atom is -0.379 e. The number of rotatable bonds is 1. The summed E-state index contributed by atoms with van der Waals surface area (Å²) in [7, 11) is -2.97. The molecule has 0 unspecified atom stereocenters. The molecule has 0 amide bonds. The third kappa shape index (κ3) is 2.60. The van der Waals surface area contributed by atoms with Crippen LogP contribution in [0.25, 0.3) is 0 Å². The van der Waals surface area contributed by atoms with Gasteiger partial charge in [-0.2, -0.15) is 0 Å². The van der Waals surface area contributed by atoms with Gasteiger partial charge in [-0.15, -0.1) is 0 Å². The minimum atomic E-state index is -2.97. The smallest absolute Gasteiger partial charge is 0.152 e. The van der Waals surface area contributed by atoms with Crippen LogP contribution in [0.4, 0.5) is 0 Å². The van der Waals surface area contributed by atoms with Crippen LogP contribution >= 0.6 is 27.7 Å². The van der Waals surface area contributed by atoms with Crippen molar-refractivity contribution in [2.75, 3.05) is 11.5 Å². The molecule has 1 aliphatic rings. The number of alkyl halides is 1. The molecule has 1 rings (SSSR count). The van der Waals surface area contributed by atoms with Gasteiger partial charge in [0.2, 0.25) is 0 Å². The lowest BCUT2D eigenvalue weighted by Crippen LogP contribution is -2.33. The first kappa shape index (κ1) is 11.3. The molecule has 1 aliphatic heterocycles. The maximum absolute atomic E-state index is 11.3. The molecule has 1 fully saturated rings. The second kappa shape index (κ2) is 3.43. The summed E-state index contributed by atoms with van der Waals surface area (Å²) in [6.07, 6.45) is 0. The molecule has 4 nitrogen and oxygen atoms in total. The van der Waals surface area contributed by atoms with Crippen LogP contribution in [0.5, 0.6) is 0 Å². The van der Waals surface area contributed by atoms with E-state index in [0.717, 1.165) is 11.8 Å². The van der Waals surface area contributed by atoms with E-state index in [2.05, 4.69) is 15.9 Å². The van der Waals surface area contributed by atoms with Crippen molar-refractivity contribution < 1.29 is 8.42 Å². The lowest BCUT2D eigenvalue weighted by Gasteiger charge is -2.24. The van der Waals surface area contributed by atoms with Crippen LogP contribution in [-0.2, 0) is 9.84 Å². The van der Waals surface area contributed by atoms with Gasteiger partial charge < -0.3 is 5.73 Å². The van der Waals surface area contributed by atoms with E-state index in [1.165, 1.54) is 0 Å². The fraction of sp³-hybridized carbons (Fsp3) is 0.833. The van der Waals surface area contributed by atoms with Gasteiger partial charge in [0.15, 0.2) is 15.0 Å². The monoisotopic (exact) mass is 286 g/mol. The summed E-state index contributed by atoms with van der Waals surface area (Å²) in [5.41, 5.74) is 5.24. The van der Waals surface area contributed by atoms with Gasteiger partial charge in [-0.3, -0.25) is 5.41 Å². The highest BCUT2D eigenvalue weighted by molar-refractivity contribution is 9.09. The maximum Gasteiger partial charge on any atom is 0.152 e. The molecule has 2 atom stereocenters. The molecule has 13 heavy (non-hydrogen) atoms. The Morgan fingerprint density at radius 3 is 2.62 bits per heavy atom. The Bertz CT molecular complexity index is 330. The van der Waals surface area contributed by atoms with Gasteiger partial charge in [0, 0.05) is 9.57 Å². The zero-order valence-electron chi connectivity index (χ0n) is 7.08. The van der Waals surface area contributed by atoms with Gasteiger partial charge in [-0.25, -0.2) is 8.42 Å². The summed E-state index contributed by atoms with van der Waals surface area (Å²) >= 11 is 4.42. The van der Waals surface area contributed by atoms with Crippen LogP contribution in [-0.4, -0.2) is 34.7 Å². The average Bonchev–Trinajstić information content (AvgIpc) is 1.98. The molecule has 0 spiro atoms. The van der Waals surface area contributed by atoms with E-state index >= 15 is 0 Å². The second-order valence-corrected chi connectivity index (χ2v) is 8.09. The third-order valence-corrected chi connectivity index (χ3v) is 7.16. The molecule has 0 aromatic rings.